The summed E-state index contributed by atoms with van der Waals surface area (Å²) >= 11 is 0.928. The third kappa shape index (κ3) is 14.6. The van der Waals surface area contributed by atoms with Crippen LogP contribution >= 0.6 is 19.0 Å². The van der Waals surface area contributed by atoms with Gasteiger partial charge in [0.25, 0.3) is 0 Å². The van der Waals surface area contributed by atoms with Crippen LogP contribution in [0.2, 0.25) is 0 Å². The van der Waals surface area contributed by atoms with Gasteiger partial charge in [-0.05, 0) is 0 Å². The zero-order chi connectivity index (χ0) is 35.2. The molecule has 0 saturated carbocycles. The molecular formula is C39H53N4O4PS. The average Bonchev–Trinajstić information content (AvgIpc) is 3.13. The molecular weight excluding hydrogens is 651 g/mol. The van der Waals surface area contributed by atoms with Crippen LogP contribution in [0.15, 0.2) is 103 Å². The maximum atomic E-state index is 12.1. The summed E-state index contributed by atoms with van der Waals surface area (Å²) in [6.45, 7) is 5.76. The second-order valence-corrected chi connectivity index (χ2v) is 17.4. The Labute approximate surface area is 297 Å². The van der Waals surface area contributed by atoms with Gasteiger partial charge in [-0.1, -0.05) is 18.3 Å². The minimum atomic E-state index is -2.14. The van der Waals surface area contributed by atoms with Crippen molar-refractivity contribution in [1.82, 2.24) is 21.3 Å². The maximum absolute atomic E-state index is 12.1. The van der Waals surface area contributed by atoms with E-state index in [-0.39, 0.29) is 48.2 Å². The first-order valence-electron chi connectivity index (χ1n) is 17.3. The third-order valence-corrected chi connectivity index (χ3v) is 14.3. The molecule has 3 amide bonds. The predicted octanol–water partition coefficient (Wildman–Crippen LogP) is 4.57. The second-order valence-electron chi connectivity index (χ2n) is 12.2. The van der Waals surface area contributed by atoms with Crippen LogP contribution in [0.25, 0.3) is 0 Å². The van der Waals surface area contributed by atoms with Gasteiger partial charge < -0.3 is 16.0 Å². The Bertz CT molecular complexity index is 1360. The summed E-state index contributed by atoms with van der Waals surface area (Å²) in [6.07, 6.45) is 10.4. The summed E-state index contributed by atoms with van der Waals surface area (Å²) in [7, 11) is -2.14. The van der Waals surface area contributed by atoms with E-state index in [1.807, 2.05) is 0 Å². The second kappa shape index (κ2) is 22.6. The summed E-state index contributed by atoms with van der Waals surface area (Å²) in [4.78, 5) is 46.7. The van der Waals surface area contributed by atoms with Crippen LogP contribution in [0.1, 0.15) is 58.3 Å². The van der Waals surface area contributed by atoms with Crippen molar-refractivity contribution in [3.8, 4) is 0 Å². The molecule has 10 heteroatoms. The van der Waals surface area contributed by atoms with E-state index in [9.17, 15) is 19.2 Å². The van der Waals surface area contributed by atoms with Crippen LogP contribution < -0.4 is 37.2 Å². The molecule has 0 saturated heterocycles. The molecule has 0 heterocycles. The van der Waals surface area contributed by atoms with Crippen LogP contribution in [-0.4, -0.2) is 60.9 Å². The number of carbonyl (C=O) groups is 4. The number of carbonyl (C=O) groups excluding carboxylic acids is 4. The van der Waals surface area contributed by atoms with Gasteiger partial charge in [0.1, 0.15) is 0 Å². The van der Waals surface area contributed by atoms with E-state index in [2.05, 4.69) is 119 Å². The van der Waals surface area contributed by atoms with Crippen molar-refractivity contribution >= 4 is 57.8 Å². The van der Waals surface area contributed by atoms with Gasteiger partial charge in [0, 0.05) is 12.6 Å². The van der Waals surface area contributed by atoms with Gasteiger partial charge in [-0.2, -0.15) is 0 Å². The topological polar surface area (TPSA) is 116 Å². The van der Waals surface area contributed by atoms with E-state index < -0.39 is 7.26 Å². The molecule has 49 heavy (non-hydrogen) atoms. The zero-order valence-electron chi connectivity index (χ0n) is 28.8. The Morgan fingerprint density at radius 2 is 0.980 bits per heavy atom. The molecule has 3 aromatic rings. The molecule has 0 spiro atoms. The van der Waals surface area contributed by atoms with Crippen LogP contribution in [0.5, 0.6) is 0 Å². The van der Waals surface area contributed by atoms with Gasteiger partial charge >= 0.3 is 189 Å². The molecule has 0 aliphatic carbocycles. The Balaban J connectivity index is 1.26. The van der Waals surface area contributed by atoms with E-state index in [1.165, 1.54) is 61.1 Å². The van der Waals surface area contributed by atoms with Crippen LogP contribution in [0.4, 0.5) is 0 Å². The first kappa shape index (κ1) is 39.5. The standard InChI is InChI=1S/C39H53N4O4PS/c1-32(28-42-39(47)31-49-33(2)44)41-29-38(46)43-30-37(45)40-26-18-7-5-3-4-6-8-19-27-48(34-20-12-9-13-21-34,35-22-14-10-15-23-35)36-24-16-11-17-25-36/h9-17,20-25,41,48H,1,3-8,18-19,26-31H2,2H3,(H,40,45)(H,42,47)(H,43,46). The van der Waals surface area contributed by atoms with E-state index in [0.717, 1.165) is 31.0 Å². The summed E-state index contributed by atoms with van der Waals surface area (Å²) in [5, 5.41) is 15.2. The monoisotopic (exact) mass is 704 g/mol. The average molecular weight is 705 g/mol. The number of benzene rings is 3. The van der Waals surface area contributed by atoms with Crippen LogP contribution in [0, 0.1) is 0 Å². The van der Waals surface area contributed by atoms with Crippen LogP contribution in [-0.2, 0) is 19.2 Å². The van der Waals surface area contributed by atoms with Gasteiger partial charge in [0.2, 0.25) is 11.8 Å². The Morgan fingerprint density at radius 1 is 0.551 bits per heavy atom. The summed E-state index contributed by atoms with van der Waals surface area (Å²) < 4.78 is 0. The molecule has 0 aliphatic heterocycles. The predicted molar refractivity (Wildman–Crippen MR) is 208 cm³/mol. The Kier molecular flexibility index (Phi) is 18.3. The number of nitrogens with one attached hydrogen (secondary N) is 4. The molecule has 0 radical (unpaired) electrons. The fourth-order valence-electron chi connectivity index (χ4n) is 5.90. The number of hydrogen-bond acceptors (Lipinski definition) is 6. The summed E-state index contributed by atoms with van der Waals surface area (Å²) in [5.41, 5.74) is 0.457. The van der Waals surface area contributed by atoms with E-state index >= 15 is 0 Å². The molecule has 0 bridgehead atoms. The van der Waals surface area contributed by atoms with E-state index in [4.69, 9.17) is 0 Å². The molecule has 3 rings (SSSR count). The van der Waals surface area contributed by atoms with Gasteiger partial charge in [0.05, 0.1) is 25.4 Å². The number of unbranched alkanes of at least 4 members (excludes halogenated alkanes) is 7. The van der Waals surface area contributed by atoms with Crippen molar-refractivity contribution in [2.45, 2.75) is 58.3 Å². The first-order chi connectivity index (χ1) is 23.8. The fraction of sp³-hybridized carbons (Fsp3) is 0.385. The molecule has 0 aliphatic rings. The first-order valence-corrected chi connectivity index (χ1v) is 20.5. The molecule has 0 unspecified atom stereocenters. The van der Waals surface area contributed by atoms with Crippen molar-refractivity contribution < 1.29 is 19.2 Å². The van der Waals surface area contributed by atoms with E-state index in [1.54, 1.807) is 0 Å². The number of amides is 3. The fourth-order valence-corrected chi connectivity index (χ4v) is 11.3. The van der Waals surface area contributed by atoms with Gasteiger partial charge in [-0.3, -0.25) is 19.2 Å². The van der Waals surface area contributed by atoms with Crippen LogP contribution in [0.3, 0.4) is 0 Å². The summed E-state index contributed by atoms with van der Waals surface area (Å²) in [6, 6.07) is 33.4. The van der Waals surface area contributed by atoms with Crippen molar-refractivity contribution in [3.63, 3.8) is 0 Å². The summed E-state index contributed by atoms with van der Waals surface area (Å²) in [5.74, 6) is -0.807. The number of hydrogen-bond donors (Lipinski definition) is 4. The zero-order valence-corrected chi connectivity index (χ0v) is 30.6. The minimum absolute atomic E-state index is 0.0431. The molecule has 0 aromatic heterocycles. The molecule has 8 nitrogen and oxygen atoms in total. The van der Waals surface area contributed by atoms with Gasteiger partial charge in [0.15, 0.2) is 5.12 Å². The number of thioether (sulfide) groups is 1. The van der Waals surface area contributed by atoms with Crippen molar-refractivity contribution in [2.75, 3.05) is 38.1 Å². The van der Waals surface area contributed by atoms with Gasteiger partial charge in [-0.15, -0.1) is 0 Å². The molecule has 0 atom stereocenters. The van der Waals surface area contributed by atoms with Crippen molar-refractivity contribution in [3.05, 3.63) is 103 Å². The Morgan fingerprint density at radius 3 is 1.49 bits per heavy atom. The van der Waals surface area contributed by atoms with Crippen molar-refractivity contribution in [1.29, 1.82) is 0 Å². The van der Waals surface area contributed by atoms with Gasteiger partial charge in [-0.25, -0.2) is 0 Å². The molecule has 0 fully saturated rings. The molecule has 264 valence electrons. The van der Waals surface area contributed by atoms with E-state index in [0.29, 0.717) is 12.2 Å². The normalized spacial score (nSPS) is 11.3. The SMILES string of the molecule is C=C(CNC(=O)CSC(C)=O)NCC(=O)NCC(=O)NCCCCCCCCCC[PH](c1ccccc1)(c1ccccc1)c1ccccc1. The molecule has 4 N–H and O–H groups in total. The molecule has 3 aromatic carbocycles. The third-order valence-electron chi connectivity index (χ3n) is 8.45. The Hall–Kier alpha value is -3.94. The van der Waals surface area contributed by atoms with Crippen molar-refractivity contribution in [2.24, 2.45) is 0 Å². The number of rotatable bonds is 23. The quantitative estimate of drug-likeness (QED) is 0.0850.